The number of benzene rings is 1. The molecule has 0 bridgehead atoms. The maximum absolute atomic E-state index is 13.7. The topological polar surface area (TPSA) is 121 Å². The van der Waals surface area contributed by atoms with Crippen LogP contribution in [0.4, 0.5) is 19.3 Å². The number of hydrogen-bond acceptors (Lipinski definition) is 5. The lowest BCUT2D eigenvalue weighted by Crippen LogP contribution is -2.68. The molecule has 2 heterocycles. The lowest BCUT2D eigenvalue weighted by atomic mass is 9.69. The highest BCUT2D eigenvalue weighted by Crippen LogP contribution is 2.40. The van der Waals surface area contributed by atoms with E-state index in [0.29, 0.717) is 11.3 Å². The number of alkyl halides is 2. The molecule has 1 saturated heterocycles. The molecule has 2 aromatic rings. The molecule has 11 heteroatoms. The van der Waals surface area contributed by atoms with Crippen LogP contribution in [0.1, 0.15) is 43.5 Å². The monoisotopic (exact) mass is 490 g/mol. The van der Waals surface area contributed by atoms with E-state index in [0.717, 1.165) is 5.56 Å². The summed E-state index contributed by atoms with van der Waals surface area (Å²) in [5.74, 6) is -2.06. The number of anilines is 1. The molecule has 0 unspecified atom stereocenters. The summed E-state index contributed by atoms with van der Waals surface area (Å²) in [5.41, 5.74) is 0.798. The van der Waals surface area contributed by atoms with E-state index in [1.807, 2.05) is 26.0 Å². The van der Waals surface area contributed by atoms with Crippen LogP contribution in [-0.2, 0) is 15.0 Å². The molecule has 1 aliphatic rings. The number of pyridine rings is 1. The van der Waals surface area contributed by atoms with Crippen LogP contribution in [0.2, 0.25) is 0 Å². The minimum absolute atomic E-state index is 0.0234. The van der Waals surface area contributed by atoms with Gasteiger partial charge in [0.05, 0.1) is 0 Å². The number of urea groups is 1. The number of carbonyl (C=O) groups excluding carboxylic acids is 2. The summed E-state index contributed by atoms with van der Waals surface area (Å²) in [6.45, 7) is 3.68. The molecule has 9 nitrogen and oxygen atoms in total. The number of carboxylic acids is 1. The number of nitrogens with one attached hydrogen (secondary N) is 2. The molecular weight excluding hydrogens is 462 g/mol. The van der Waals surface area contributed by atoms with Gasteiger partial charge in [-0.2, -0.15) is 8.78 Å². The fourth-order valence-corrected chi connectivity index (χ4v) is 4.00. The molecular formula is C24H28F2N4O5. The second kappa shape index (κ2) is 10.2. The third kappa shape index (κ3) is 5.50. The number of aryl methyl sites for hydroxylation is 1. The minimum atomic E-state index is -3.13. The minimum Gasteiger partial charge on any atom is -0.480 e. The Hall–Kier alpha value is -3.76. The largest absolute Gasteiger partial charge is 0.480 e. The number of carbonyl (C=O) groups is 3. The van der Waals surface area contributed by atoms with E-state index in [2.05, 4.69) is 20.4 Å². The van der Waals surface area contributed by atoms with Gasteiger partial charge >= 0.3 is 18.6 Å². The highest BCUT2D eigenvalue weighted by molar-refractivity contribution is 6.02. The van der Waals surface area contributed by atoms with Gasteiger partial charge in [0.15, 0.2) is 0 Å². The number of aromatic nitrogens is 1. The number of ether oxygens (including phenoxy) is 1. The smallest absolute Gasteiger partial charge is 0.388 e. The Morgan fingerprint density at radius 2 is 1.77 bits per heavy atom. The average Bonchev–Trinajstić information content (AvgIpc) is 2.74. The molecule has 1 aromatic carbocycles. The van der Waals surface area contributed by atoms with Crippen molar-refractivity contribution in [2.75, 3.05) is 18.4 Å². The average molecular weight is 491 g/mol. The summed E-state index contributed by atoms with van der Waals surface area (Å²) in [7, 11) is 0. The molecule has 35 heavy (non-hydrogen) atoms. The van der Waals surface area contributed by atoms with E-state index in [-0.39, 0.29) is 24.7 Å². The lowest BCUT2D eigenvalue weighted by Gasteiger charge is -2.49. The molecule has 1 aliphatic heterocycles. The second-order valence-electron chi connectivity index (χ2n) is 8.83. The molecule has 1 aromatic heterocycles. The van der Waals surface area contributed by atoms with E-state index in [1.165, 1.54) is 17.9 Å². The Morgan fingerprint density at radius 1 is 1.11 bits per heavy atom. The molecule has 3 rings (SSSR count). The lowest BCUT2D eigenvalue weighted by molar-refractivity contribution is -0.139. The number of halogens is 2. The van der Waals surface area contributed by atoms with Crippen molar-refractivity contribution in [1.29, 1.82) is 0 Å². The van der Waals surface area contributed by atoms with Gasteiger partial charge in [-0.15, -0.1) is 0 Å². The maximum atomic E-state index is 13.7. The van der Waals surface area contributed by atoms with Gasteiger partial charge in [0.2, 0.25) is 11.8 Å². The van der Waals surface area contributed by atoms with Crippen LogP contribution in [-0.4, -0.2) is 58.6 Å². The van der Waals surface area contributed by atoms with E-state index in [1.54, 1.807) is 25.1 Å². The Labute approximate surface area is 201 Å². The molecule has 3 N–H and O–H groups in total. The fraction of sp³-hybridized carbons (Fsp3) is 0.417. The zero-order chi connectivity index (χ0) is 25.9. The number of amides is 3. The van der Waals surface area contributed by atoms with Crippen molar-refractivity contribution in [3.05, 3.63) is 53.2 Å². The number of aliphatic carboxylic acids is 1. The third-order valence-electron chi connectivity index (χ3n) is 5.90. The zero-order valence-electron chi connectivity index (χ0n) is 19.8. The summed E-state index contributed by atoms with van der Waals surface area (Å²) in [6.07, 6.45) is 0. The van der Waals surface area contributed by atoms with E-state index >= 15 is 0 Å². The van der Waals surface area contributed by atoms with Gasteiger partial charge in [-0.05, 0) is 43.0 Å². The third-order valence-corrected chi connectivity index (χ3v) is 5.90. The molecule has 1 atom stereocenters. The van der Waals surface area contributed by atoms with Crippen LogP contribution < -0.4 is 15.4 Å². The van der Waals surface area contributed by atoms with Gasteiger partial charge in [-0.1, -0.05) is 38.1 Å². The summed E-state index contributed by atoms with van der Waals surface area (Å²) in [6, 6.07) is 8.57. The zero-order valence-corrected chi connectivity index (χ0v) is 19.8. The highest BCUT2D eigenvalue weighted by Gasteiger charge is 2.53. The van der Waals surface area contributed by atoms with Crippen molar-refractivity contribution >= 4 is 23.6 Å². The normalized spacial score (nSPS) is 15.4. The van der Waals surface area contributed by atoms with Crippen molar-refractivity contribution in [2.24, 2.45) is 0 Å². The predicted octanol–water partition coefficient (Wildman–Crippen LogP) is 3.49. The maximum Gasteiger partial charge on any atom is 0.388 e. The Kier molecular flexibility index (Phi) is 7.57. The standard InChI is InChI=1S/C24H28F2N4O5/c1-13(2)16-7-5-6-8-17(16)24(11-30(12-24)23(34)28-15(4)20(31)32)21(33)29-18-10-9-14(3)27-19(18)35-22(25)26/h5-10,13,15,22H,11-12H2,1-4H3,(H,28,34)(H,29,33)(H,31,32)/t15-/m1/s1. The quantitative estimate of drug-likeness (QED) is 0.521. The van der Waals surface area contributed by atoms with Crippen molar-refractivity contribution in [1.82, 2.24) is 15.2 Å². The van der Waals surface area contributed by atoms with Crippen LogP contribution in [0.15, 0.2) is 36.4 Å². The van der Waals surface area contributed by atoms with Crippen molar-refractivity contribution in [3.63, 3.8) is 0 Å². The van der Waals surface area contributed by atoms with Gasteiger partial charge in [-0.25, -0.2) is 9.78 Å². The summed E-state index contributed by atoms with van der Waals surface area (Å²) in [4.78, 5) is 42.7. The van der Waals surface area contributed by atoms with Crippen LogP contribution in [0.5, 0.6) is 5.88 Å². The van der Waals surface area contributed by atoms with Crippen LogP contribution in [0, 0.1) is 6.92 Å². The predicted molar refractivity (Wildman–Crippen MR) is 124 cm³/mol. The number of likely N-dealkylation sites (tertiary alicyclic amines) is 1. The first-order valence-electron chi connectivity index (χ1n) is 11.1. The SMILES string of the molecule is Cc1ccc(NC(=O)C2(c3ccccc3C(C)C)CN(C(=O)N[C@H](C)C(=O)O)C2)c(OC(F)F)n1. The number of rotatable bonds is 8. The number of hydrogen-bond donors (Lipinski definition) is 3. The summed E-state index contributed by atoms with van der Waals surface area (Å²) < 4.78 is 30.3. The first-order chi connectivity index (χ1) is 16.4. The second-order valence-corrected chi connectivity index (χ2v) is 8.83. The summed E-state index contributed by atoms with van der Waals surface area (Å²) >= 11 is 0. The molecule has 0 aliphatic carbocycles. The van der Waals surface area contributed by atoms with Gasteiger partial charge in [-0.3, -0.25) is 9.59 Å². The van der Waals surface area contributed by atoms with Crippen molar-refractivity contribution in [2.45, 2.75) is 51.7 Å². The molecule has 188 valence electrons. The Morgan fingerprint density at radius 3 is 2.37 bits per heavy atom. The van der Waals surface area contributed by atoms with E-state index < -0.39 is 41.9 Å². The van der Waals surface area contributed by atoms with Gasteiger partial charge in [0.1, 0.15) is 17.1 Å². The molecule has 3 amide bonds. The van der Waals surface area contributed by atoms with Gasteiger partial charge < -0.3 is 25.4 Å². The first kappa shape index (κ1) is 25.9. The van der Waals surface area contributed by atoms with E-state index in [4.69, 9.17) is 5.11 Å². The number of carboxylic acid groups (broad SMARTS) is 1. The highest BCUT2D eigenvalue weighted by atomic mass is 19.3. The molecule has 0 saturated carbocycles. The summed E-state index contributed by atoms with van der Waals surface area (Å²) in [5, 5.41) is 14.1. The van der Waals surface area contributed by atoms with Crippen LogP contribution >= 0.6 is 0 Å². The van der Waals surface area contributed by atoms with Crippen LogP contribution in [0.25, 0.3) is 0 Å². The van der Waals surface area contributed by atoms with Gasteiger partial charge in [0.25, 0.3) is 0 Å². The van der Waals surface area contributed by atoms with Crippen molar-refractivity contribution in [3.8, 4) is 5.88 Å². The van der Waals surface area contributed by atoms with E-state index in [9.17, 15) is 23.2 Å². The van der Waals surface area contributed by atoms with Crippen LogP contribution in [0.3, 0.4) is 0 Å². The van der Waals surface area contributed by atoms with Crippen molar-refractivity contribution < 1.29 is 33.0 Å². The molecule has 0 radical (unpaired) electrons. The van der Waals surface area contributed by atoms with Gasteiger partial charge in [0, 0.05) is 18.8 Å². The Bertz CT molecular complexity index is 1120. The fourth-order valence-electron chi connectivity index (χ4n) is 4.00. The molecule has 1 fully saturated rings. The number of nitrogens with zero attached hydrogens (tertiary/aromatic N) is 2. The molecule has 0 spiro atoms. The first-order valence-corrected chi connectivity index (χ1v) is 11.1. The Balaban J connectivity index is 1.95.